The highest BCUT2D eigenvalue weighted by molar-refractivity contribution is 14.1. The Balaban J connectivity index is 3.03. The molecule has 0 heterocycles. The van der Waals surface area contributed by atoms with Gasteiger partial charge in [-0.25, -0.2) is 8.42 Å². The number of anilines is 1. The Kier molecular flexibility index (Phi) is 4.48. The van der Waals surface area contributed by atoms with Crippen LogP contribution in [-0.4, -0.2) is 13.1 Å². The van der Waals surface area contributed by atoms with Crippen molar-refractivity contribution in [3.05, 3.63) is 26.8 Å². The number of hydrogen-bond donors (Lipinski definition) is 1. The zero-order valence-corrected chi connectivity index (χ0v) is 12.1. The largest absolute Gasteiger partial charge is 0.281 e. The van der Waals surface area contributed by atoms with Crippen LogP contribution in [0.15, 0.2) is 18.2 Å². The van der Waals surface area contributed by atoms with E-state index in [1.165, 1.54) is 0 Å². The average molecular weight is 410 g/mol. The van der Waals surface area contributed by atoms with Gasteiger partial charge in [0.05, 0.1) is 10.7 Å². The van der Waals surface area contributed by atoms with Gasteiger partial charge < -0.3 is 0 Å². The first kappa shape index (κ1) is 12.5. The smallest absolute Gasteiger partial charge is 0.242 e. The molecule has 0 aliphatic carbocycles. The van der Waals surface area contributed by atoms with Crippen LogP contribution in [0.25, 0.3) is 0 Å². The third kappa shape index (κ3) is 3.56. The van der Waals surface area contributed by atoms with Gasteiger partial charge in [-0.05, 0) is 40.8 Å². The molecule has 0 aromatic heterocycles. The van der Waals surface area contributed by atoms with Crippen LogP contribution in [0.3, 0.4) is 0 Å². The van der Waals surface area contributed by atoms with Crippen molar-refractivity contribution in [3.63, 3.8) is 0 Å². The molecule has 0 fully saturated rings. The highest BCUT2D eigenvalue weighted by atomic mass is 127. The van der Waals surface area contributed by atoms with E-state index in [1.54, 1.807) is 18.2 Å². The predicted octanol–water partition coefficient (Wildman–Crippen LogP) is 3.04. The normalized spacial score (nSPS) is 11.4. The highest BCUT2D eigenvalue weighted by Crippen LogP contribution is 2.24. The lowest BCUT2D eigenvalue weighted by atomic mass is 10.3. The summed E-state index contributed by atoms with van der Waals surface area (Å²) in [5.41, 5.74) is 0.401. The topological polar surface area (TPSA) is 46.2 Å². The minimum atomic E-state index is -3.33. The molecule has 7 heteroatoms. The van der Waals surface area contributed by atoms with E-state index in [-0.39, 0.29) is 4.66 Å². The van der Waals surface area contributed by atoms with E-state index in [1.807, 2.05) is 0 Å². The lowest BCUT2D eigenvalue weighted by Crippen LogP contribution is -2.13. The van der Waals surface area contributed by atoms with Gasteiger partial charge in [0.25, 0.3) is 0 Å². The molecule has 0 radical (unpaired) electrons. The maximum Gasteiger partial charge on any atom is 0.242 e. The molecule has 0 unspecified atom stereocenters. The molecule has 0 amide bonds. The van der Waals surface area contributed by atoms with Crippen molar-refractivity contribution >= 4 is 65.8 Å². The Morgan fingerprint density at radius 1 is 1.50 bits per heavy atom. The van der Waals surface area contributed by atoms with E-state index >= 15 is 0 Å². The van der Waals surface area contributed by atoms with Crippen LogP contribution in [0.1, 0.15) is 0 Å². The Hall–Kier alpha value is 0.470. The molecule has 0 aliphatic heterocycles. The van der Waals surface area contributed by atoms with Crippen LogP contribution in [-0.2, 0) is 10.0 Å². The zero-order valence-electron chi connectivity index (χ0n) is 6.80. The molecule has 0 saturated heterocycles. The molecule has 1 aromatic rings. The lowest BCUT2D eigenvalue weighted by Gasteiger charge is -2.07. The number of halogens is 3. The average Bonchev–Trinajstić information content (AvgIpc) is 2.11. The first-order valence-corrected chi connectivity index (χ1v) is 7.69. The molecule has 14 heavy (non-hydrogen) atoms. The van der Waals surface area contributed by atoms with Gasteiger partial charge in [-0.15, -0.1) is 0 Å². The van der Waals surface area contributed by atoms with Gasteiger partial charge in [-0.2, -0.15) is 0 Å². The number of sulfonamides is 1. The summed E-state index contributed by atoms with van der Waals surface area (Å²) in [6.45, 7) is 0. The molecule has 0 spiro atoms. The van der Waals surface area contributed by atoms with Crippen molar-refractivity contribution < 1.29 is 8.42 Å². The number of alkyl halides is 1. The number of benzene rings is 1. The van der Waals surface area contributed by atoms with Crippen molar-refractivity contribution in [1.29, 1.82) is 0 Å². The first-order valence-electron chi connectivity index (χ1n) is 3.46. The summed E-state index contributed by atoms with van der Waals surface area (Å²) in [7, 11) is -3.33. The van der Waals surface area contributed by atoms with E-state index < -0.39 is 10.0 Å². The van der Waals surface area contributed by atoms with Crippen LogP contribution in [0, 0.1) is 3.57 Å². The summed E-state index contributed by atoms with van der Waals surface area (Å²) in [5, 5.41) is 0.384. The van der Waals surface area contributed by atoms with Gasteiger partial charge in [0.15, 0.2) is 0 Å². The van der Waals surface area contributed by atoms with E-state index in [9.17, 15) is 8.42 Å². The molecular weight excluding hydrogens is 404 g/mol. The summed E-state index contributed by atoms with van der Waals surface area (Å²) >= 11 is 10.8. The van der Waals surface area contributed by atoms with Crippen LogP contribution < -0.4 is 4.72 Å². The van der Waals surface area contributed by atoms with Crippen LogP contribution in [0.5, 0.6) is 0 Å². The molecule has 78 valence electrons. The molecule has 0 atom stereocenters. The first-order chi connectivity index (χ1) is 6.44. The van der Waals surface area contributed by atoms with Gasteiger partial charge in [0, 0.05) is 3.57 Å². The molecular formula is C7H6BrClINO2S. The van der Waals surface area contributed by atoms with Gasteiger partial charge in [0.2, 0.25) is 10.0 Å². The standard InChI is InChI=1S/C7H6BrClINO2S/c8-4-14(12,13)11-7-3-5(10)1-2-6(7)9/h1-3,11H,4H2. The zero-order chi connectivity index (χ0) is 10.8. The van der Waals surface area contributed by atoms with E-state index in [0.29, 0.717) is 10.7 Å². The molecule has 1 rings (SSSR count). The van der Waals surface area contributed by atoms with Crippen LogP contribution >= 0.6 is 50.1 Å². The second kappa shape index (κ2) is 5.00. The van der Waals surface area contributed by atoms with E-state index in [2.05, 4.69) is 43.2 Å². The van der Waals surface area contributed by atoms with Crippen molar-refractivity contribution in [2.24, 2.45) is 0 Å². The summed E-state index contributed by atoms with van der Waals surface area (Å²) in [4.78, 5) is 0. The van der Waals surface area contributed by atoms with Gasteiger partial charge in [-0.3, -0.25) is 4.72 Å². The van der Waals surface area contributed by atoms with Gasteiger partial charge in [-0.1, -0.05) is 27.5 Å². The SMILES string of the molecule is O=S(=O)(CBr)Nc1cc(I)ccc1Cl. The molecule has 1 aromatic carbocycles. The van der Waals surface area contributed by atoms with Gasteiger partial charge >= 0.3 is 0 Å². The highest BCUT2D eigenvalue weighted by Gasteiger charge is 2.10. The quantitative estimate of drug-likeness (QED) is 0.615. The third-order valence-electron chi connectivity index (χ3n) is 1.34. The summed E-state index contributed by atoms with van der Waals surface area (Å²) in [6, 6.07) is 5.12. The van der Waals surface area contributed by atoms with E-state index in [4.69, 9.17) is 11.6 Å². The minimum Gasteiger partial charge on any atom is -0.281 e. The number of rotatable bonds is 3. The number of hydrogen-bond acceptors (Lipinski definition) is 2. The summed E-state index contributed by atoms with van der Waals surface area (Å²) in [5.74, 6) is 0. The summed E-state index contributed by atoms with van der Waals surface area (Å²) in [6.07, 6.45) is 0. The van der Waals surface area contributed by atoms with Crippen molar-refractivity contribution in [2.75, 3.05) is 9.38 Å². The predicted molar refractivity (Wildman–Crippen MR) is 70.5 cm³/mol. The maximum atomic E-state index is 11.2. The second-order valence-electron chi connectivity index (χ2n) is 2.45. The molecule has 0 bridgehead atoms. The second-order valence-corrected chi connectivity index (χ2v) is 7.13. The third-order valence-corrected chi connectivity index (χ3v) is 4.96. The fraction of sp³-hybridized carbons (Fsp3) is 0.143. The van der Waals surface area contributed by atoms with Crippen molar-refractivity contribution in [3.8, 4) is 0 Å². The fourth-order valence-corrected chi connectivity index (χ4v) is 2.38. The molecule has 0 aliphatic rings. The minimum absolute atomic E-state index is 0.151. The molecule has 3 nitrogen and oxygen atoms in total. The Labute approximate surface area is 110 Å². The molecule has 1 N–H and O–H groups in total. The fourth-order valence-electron chi connectivity index (χ4n) is 0.771. The Bertz CT molecular complexity index is 437. The van der Waals surface area contributed by atoms with E-state index in [0.717, 1.165) is 3.57 Å². The van der Waals surface area contributed by atoms with Crippen LogP contribution in [0.4, 0.5) is 5.69 Å². The Morgan fingerprint density at radius 3 is 2.71 bits per heavy atom. The van der Waals surface area contributed by atoms with Crippen molar-refractivity contribution in [1.82, 2.24) is 0 Å². The maximum absolute atomic E-state index is 11.2. The number of nitrogens with one attached hydrogen (secondary N) is 1. The Morgan fingerprint density at radius 2 is 2.14 bits per heavy atom. The molecule has 0 saturated carbocycles. The monoisotopic (exact) mass is 409 g/mol. The lowest BCUT2D eigenvalue weighted by molar-refractivity contribution is 0.606. The van der Waals surface area contributed by atoms with Crippen LogP contribution in [0.2, 0.25) is 5.02 Å². The van der Waals surface area contributed by atoms with Crippen molar-refractivity contribution in [2.45, 2.75) is 0 Å². The summed E-state index contributed by atoms with van der Waals surface area (Å²) < 4.78 is 25.6. The van der Waals surface area contributed by atoms with Gasteiger partial charge in [0.1, 0.15) is 4.66 Å².